The molecule has 1 amide bonds. The zero-order chi connectivity index (χ0) is 13.4. The summed E-state index contributed by atoms with van der Waals surface area (Å²) in [6.45, 7) is 1.49. The topological polar surface area (TPSA) is 55.6 Å². The molecule has 4 nitrogen and oxygen atoms in total. The van der Waals surface area contributed by atoms with Gasteiger partial charge in [0.2, 0.25) is 0 Å². The van der Waals surface area contributed by atoms with E-state index in [4.69, 9.17) is 10.5 Å². The standard InChI is InChI=1S/C14H22N2O2/c1-16(11-5-3-4-10-15)14(17)12-6-8-13(18-2)9-7-12/h6-9H,3-5,10-11,15H2,1-2H3. The molecule has 4 heteroatoms. The van der Waals surface area contributed by atoms with Gasteiger partial charge in [-0.25, -0.2) is 0 Å². The van der Waals surface area contributed by atoms with E-state index in [9.17, 15) is 4.79 Å². The molecule has 100 valence electrons. The lowest BCUT2D eigenvalue weighted by Gasteiger charge is -2.17. The average molecular weight is 250 g/mol. The van der Waals surface area contributed by atoms with Crippen LogP contribution in [0.2, 0.25) is 0 Å². The molecule has 0 atom stereocenters. The van der Waals surface area contributed by atoms with Crippen molar-refractivity contribution in [2.24, 2.45) is 5.73 Å². The van der Waals surface area contributed by atoms with Gasteiger partial charge in [-0.05, 0) is 43.7 Å². The first-order valence-corrected chi connectivity index (χ1v) is 6.28. The minimum absolute atomic E-state index is 0.0467. The van der Waals surface area contributed by atoms with Crippen LogP contribution in [0.15, 0.2) is 24.3 Å². The summed E-state index contributed by atoms with van der Waals surface area (Å²) < 4.78 is 5.06. The first kappa shape index (κ1) is 14.5. The molecular formula is C14H22N2O2. The maximum absolute atomic E-state index is 12.1. The molecule has 0 aliphatic rings. The number of rotatable bonds is 7. The highest BCUT2D eigenvalue weighted by molar-refractivity contribution is 5.94. The second kappa shape index (κ2) is 7.71. The van der Waals surface area contributed by atoms with Crippen LogP contribution in [-0.2, 0) is 0 Å². The molecule has 0 spiro atoms. The van der Waals surface area contributed by atoms with Gasteiger partial charge in [0.15, 0.2) is 0 Å². The molecule has 0 saturated heterocycles. The molecule has 1 aromatic carbocycles. The number of ether oxygens (including phenoxy) is 1. The van der Waals surface area contributed by atoms with Gasteiger partial charge >= 0.3 is 0 Å². The minimum Gasteiger partial charge on any atom is -0.497 e. The number of nitrogens with two attached hydrogens (primary N) is 1. The summed E-state index contributed by atoms with van der Waals surface area (Å²) in [4.78, 5) is 13.8. The van der Waals surface area contributed by atoms with E-state index in [-0.39, 0.29) is 5.91 Å². The van der Waals surface area contributed by atoms with Crippen molar-refractivity contribution < 1.29 is 9.53 Å². The van der Waals surface area contributed by atoms with Gasteiger partial charge in [-0.1, -0.05) is 6.42 Å². The lowest BCUT2D eigenvalue weighted by molar-refractivity contribution is 0.0792. The fourth-order valence-electron chi connectivity index (χ4n) is 1.73. The van der Waals surface area contributed by atoms with Gasteiger partial charge < -0.3 is 15.4 Å². The van der Waals surface area contributed by atoms with E-state index in [0.29, 0.717) is 5.56 Å². The molecule has 0 fully saturated rings. The summed E-state index contributed by atoms with van der Waals surface area (Å²) in [5.74, 6) is 0.808. The molecule has 0 unspecified atom stereocenters. The third-order valence-electron chi connectivity index (χ3n) is 2.88. The molecule has 1 aromatic rings. The van der Waals surface area contributed by atoms with Crippen molar-refractivity contribution >= 4 is 5.91 Å². The van der Waals surface area contributed by atoms with E-state index >= 15 is 0 Å². The van der Waals surface area contributed by atoms with Crippen molar-refractivity contribution in [1.29, 1.82) is 0 Å². The van der Waals surface area contributed by atoms with Crippen LogP contribution in [0.1, 0.15) is 29.6 Å². The Morgan fingerprint density at radius 1 is 1.22 bits per heavy atom. The quantitative estimate of drug-likeness (QED) is 0.752. The Morgan fingerprint density at radius 3 is 2.44 bits per heavy atom. The molecule has 0 saturated carbocycles. The van der Waals surface area contributed by atoms with Crippen LogP contribution >= 0.6 is 0 Å². The molecule has 0 aliphatic carbocycles. The van der Waals surface area contributed by atoms with E-state index in [1.807, 2.05) is 7.05 Å². The molecule has 0 bridgehead atoms. The fraction of sp³-hybridized carbons (Fsp3) is 0.500. The van der Waals surface area contributed by atoms with Crippen LogP contribution in [0, 0.1) is 0 Å². The Hall–Kier alpha value is -1.55. The van der Waals surface area contributed by atoms with Gasteiger partial charge in [-0.3, -0.25) is 4.79 Å². The smallest absolute Gasteiger partial charge is 0.253 e. The monoisotopic (exact) mass is 250 g/mol. The number of hydrogen-bond donors (Lipinski definition) is 1. The number of hydrogen-bond acceptors (Lipinski definition) is 3. The van der Waals surface area contributed by atoms with Crippen LogP contribution < -0.4 is 10.5 Å². The van der Waals surface area contributed by atoms with Gasteiger partial charge in [0.1, 0.15) is 5.75 Å². The van der Waals surface area contributed by atoms with Gasteiger partial charge in [-0.15, -0.1) is 0 Å². The fourth-order valence-corrected chi connectivity index (χ4v) is 1.73. The summed E-state index contributed by atoms with van der Waals surface area (Å²) in [5, 5.41) is 0. The molecule has 0 heterocycles. The van der Waals surface area contributed by atoms with Crippen molar-refractivity contribution in [2.75, 3.05) is 27.2 Å². The number of carbonyl (C=O) groups excluding carboxylic acids is 1. The Labute approximate surface area is 109 Å². The average Bonchev–Trinajstić information content (AvgIpc) is 2.42. The van der Waals surface area contributed by atoms with Gasteiger partial charge in [0.25, 0.3) is 5.91 Å². The third kappa shape index (κ3) is 4.37. The molecule has 0 radical (unpaired) electrons. The number of nitrogens with zero attached hydrogens (tertiary/aromatic N) is 1. The predicted octanol–water partition coefficient (Wildman–Crippen LogP) is 1.90. The van der Waals surface area contributed by atoms with E-state index in [2.05, 4.69) is 0 Å². The van der Waals surface area contributed by atoms with E-state index in [0.717, 1.165) is 38.1 Å². The lowest BCUT2D eigenvalue weighted by atomic mass is 10.2. The SMILES string of the molecule is COc1ccc(C(=O)N(C)CCCCCN)cc1. The van der Waals surface area contributed by atoms with Crippen molar-refractivity contribution in [2.45, 2.75) is 19.3 Å². The van der Waals surface area contributed by atoms with Crippen LogP contribution in [0.25, 0.3) is 0 Å². The highest BCUT2D eigenvalue weighted by atomic mass is 16.5. The molecule has 0 aliphatic heterocycles. The first-order valence-electron chi connectivity index (χ1n) is 6.28. The second-order valence-corrected chi connectivity index (χ2v) is 4.30. The van der Waals surface area contributed by atoms with Crippen molar-refractivity contribution in [3.8, 4) is 5.75 Å². The Bertz CT molecular complexity index is 363. The number of carbonyl (C=O) groups is 1. The van der Waals surface area contributed by atoms with Crippen molar-refractivity contribution in [3.05, 3.63) is 29.8 Å². The Kier molecular flexibility index (Phi) is 6.22. The molecule has 18 heavy (non-hydrogen) atoms. The third-order valence-corrected chi connectivity index (χ3v) is 2.88. The van der Waals surface area contributed by atoms with Crippen LogP contribution in [0.5, 0.6) is 5.75 Å². The summed E-state index contributed by atoms with van der Waals surface area (Å²) in [5.41, 5.74) is 6.12. The second-order valence-electron chi connectivity index (χ2n) is 4.30. The Morgan fingerprint density at radius 2 is 1.89 bits per heavy atom. The zero-order valence-corrected chi connectivity index (χ0v) is 11.2. The number of amides is 1. The molecular weight excluding hydrogens is 228 g/mol. The van der Waals surface area contributed by atoms with Crippen LogP contribution in [0.3, 0.4) is 0 Å². The maximum Gasteiger partial charge on any atom is 0.253 e. The highest BCUT2D eigenvalue weighted by Gasteiger charge is 2.10. The van der Waals surface area contributed by atoms with Crippen LogP contribution in [0.4, 0.5) is 0 Å². The maximum atomic E-state index is 12.1. The summed E-state index contributed by atoms with van der Waals surface area (Å²) >= 11 is 0. The first-order chi connectivity index (χ1) is 8.69. The largest absolute Gasteiger partial charge is 0.497 e. The minimum atomic E-state index is 0.0467. The zero-order valence-electron chi connectivity index (χ0n) is 11.2. The van der Waals surface area contributed by atoms with E-state index < -0.39 is 0 Å². The number of benzene rings is 1. The van der Waals surface area contributed by atoms with Gasteiger partial charge in [-0.2, -0.15) is 0 Å². The van der Waals surface area contributed by atoms with Crippen molar-refractivity contribution in [3.63, 3.8) is 0 Å². The highest BCUT2D eigenvalue weighted by Crippen LogP contribution is 2.12. The summed E-state index contributed by atoms with van der Waals surface area (Å²) in [7, 11) is 3.44. The predicted molar refractivity (Wildman–Crippen MR) is 72.9 cm³/mol. The molecule has 1 rings (SSSR count). The molecule has 0 aromatic heterocycles. The van der Waals surface area contributed by atoms with Gasteiger partial charge in [0.05, 0.1) is 7.11 Å². The number of methoxy groups -OCH3 is 1. The van der Waals surface area contributed by atoms with E-state index in [1.165, 1.54) is 0 Å². The molecule has 2 N–H and O–H groups in total. The van der Waals surface area contributed by atoms with Crippen molar-refractivity contribution in [1.82, 2.24) is 4.90 Å². The van der Waals surface area contributed by atoms with Crippen LogP contribution in [-0.4, -0.2) is 38.1 Å². The number of unbranched alkanes of at least 4 members (excludes halogenated alkanes) is 2. The normalized spacial score (nSPS) is 10.2. The lowest BCUT2D eigenvalue weighted by Crippen LogP contribution is -2.27. The van der Waals surface area contributed by atoms with Gasteiger partial charge in [0, 0.05) is 19.2 Å². The van der Waals surface area contributed by atoms with E-state index in [1.54, 1.807) is 36.3 Å². The Balaban J connectivity index is 2.46. The summed E-state index contributed by atoms with van der Waals surface area (Å²) in [6, 6.07) is 7.18. The summed E-state index contributed by atoms with van der Waals surface area (Å²) in [6.07, 6.45) is 3.08.